The highest BCUT2D eigenvalue weighted by Gasteiger charge is 2.32. The van der Waals surface area contributed by atoms with E-state index >= 15 is 0 Å². The van der Waals surface area contributed by atoms with E-state index in [4.69, 9.17) is 14.2 Å². The quantitative estimate of drug-likeness (QED) is 0.422. The van der Waals surface area contributed by atoms with E-state index in [0.717, 1.165) is 25.9 Å². The van der Waals surface area contributed by atoms with Crippen molar-refractivity contribution >= 4 is 16.0 Å². The third-order valence-corrected chi connectivity index (χ3v) is 7.20. The number of likely N-dealkylation sites (tertiary alicyclic amines) is 1. The summed E-state index contributed by atoms with van der Waals surface area (Å²) in [6, 6.07) is 4.80. The van der Waals surface area contributed by atoms with Gasteiger partial charge in [0.2, 0.25) is 10.0 Å². The molecule has 1 aromatic rings. The minimum Gasteiger partial charge on any atom is -0.490 e. The molecule has 0 amide bonds. The van der Waals surface area contributed by atoms with Gasteiger partial charge in [0.25, 0.3) is 0 Å². The Morgan fingerprint density at radius 1 is 1.10 bits per heavy atom. The zero-order chi connectivity index (χ0) is 22.9. The van der Waals surface area contributed by atoms with Crippen molar-refractivity contribution in [3.63, 3.8) is 0 Å². The molecule has 1 aromatic carbocycles. The maximum Gasteiger partial charge on any atom is 0.307 e. The Bertz CT molecular complexity index is 814. The predicted octanol–water partition coefficient (Wildman–Crippen LogP) is 2.91. The SMILES string of the molecule is CCOC(=O)CCN(CC1CCCN1CC)S(=O)(=O)c1ccc(OCC)c(OCC)c1. The van der Waals surface area contributed by atoms with E-state index in [-0.39, 0.29) is 30.5 Å². The number of ether oxygens (including phenoxy) is 3. The highest BCUT2D eigenvalue weighted by molar-refractivity contribution is 7.89. The van der Waals surface area contributed by atoms with Gasteiger partial charge < -0.3 is 14.2 Å². The summed E-state index contributed by atoms with van der Waals surface area (Å²) in [7, 11) is -3.84. The number of sulfonamides is 1. The second-order valence-corrected chi connectivity index (χ2v) is 9.26. The summed E-state index contributed by atoms with van der Waals surface area (Å²) in [5.41, 5.74) is 0. The first-order valence-electron chi connectivity index (χ1n) is 11.2. The fourth-order valence-electron chi connectivity index (χ4n) is 3.85. The van der Waals surface area contributed by atoms with E-state index in [0.29, 0.717) is 31.3 Å². The number of carbonyl (C=O) groups is 1. The minimum absolute atomic E-state index is 0.0151. The first-order valence-corrected chi connectivity index (χ1v) is 12.6. The van der Waals surface area contributed by atoms with Gasteiger partial charge in [-0.05, 0) is 58.8 Å². The largest absolute Gasteiger partial charge is 0.490 e. The van der Waals surface area contributed by atoms with Crippen molar-refractivity contribution in [3.05, 3.63) is 18.2 Å². The fourth-order valence-corrected chi connectivity index (χ4v) is 5.35. The zero-order valence-corrected chi connectivity index (χ0v) is 19.9. The van der Waals surface area contributed by atoms with Crippen molar-refractivity contribution in [1.29, 1.82) is 0 Å². The van der Waals surface area contributed by atoms with Crippen LogP contribution in [0.4, 0.5) is 0 Å². The summed E-state index contributed by atoms with van der Waals surface area (Å²) < 4.78 is 44.7. The molecule has 8 nitrogen and oxygen atoms in total. The van der Waals surface area contributed by atoms with E-state index in [2.05, 4.69) is 11.8 Å². The summed E-state index contributed by atoms with van der Waals surface area (Å²) in [4.78, 5) is 14.4. The van der Waals surface area contributed by atoms with Gasteiger partial charge in [0.15, 0.2) is 11.5 Å². The second-order valence-electron chi connectivity index (χ2n) is 7.32. The van der Waals surface area contributed by atoms with Crippen LogP contribution in [0.1, 0.15) is 47.0 Å². The normalized spacial score (nSPS) is 17.1. The molecule has 31 heavy (non-hydrogen) atoms. The molecule has 0 radical (unpaired) electrons. The van der Waals surface area contributed by atoms with Crippen molar-refractivity contribution in [2.45, 2.75) is 57.9 Å². The van der Waals surface area contributed by atoms with Crippen molar-refractivity contribution in [1.82, 2.24) is 9.21 Å². The van der Waals surface area contributed by atoms with Crippen LogP contribution in [0.15, 0.2) is 23.1 Å². The lowest BCUT2D eigenvalue weighted by atomic mass is 10.2. The fraction of sp³-hybridized carbons (Fsp3) is 0.682. The summed E-state index contributed by atoms with van der Waals surface area (Å²) in [5, 5.41) is 0. The highest BCUT2D eigenvalue weighted by atomic mass is 32.2. The first-order chi connectivity index (χ1) is 14.9. The van der Waals surface area contributed by atoms with Gasteiger partial charge in [-0.3, -0.25) is 9.69 Å². The average molecular weight is 457 g/mol. The van der Waals surface area contributed by atoms with E-state index in [1.54, 1.807) is 13.0 Å². The number of nitrogens with zero attached hydrogens (tertiary/aromatic N) is 2. The van der Waals surface area contributed by atoms with Crippen LogP contribution < -0.4 is 9.47 Å². The molecule has 0 aromatic heterocycles. The average Bonchev–Trinajstić information content (AvgIpc) is 3.20. The number of rotatable bonds is 13. The number of hydrogen-bond acceptors (Lipinski definition) is 7. The van der Waals surface area contributed by atoms with Gasteiger partial charge in [-0.2, -0.15) is 4.31 Å². The van der Waals surface area contributed by atoms with Gasteiger partial charge in [-0.25, -0.2) is 8.42 Å². The molecule has 1 heterocycles. The van der Waals surface area contributed by atoms with E-state index < -0.39 is 16.0 Å². The van der Waals surface area contributed by atoms with Gasteiger partial charge in [0.05, 0.1) is 31.1 Å². The zero-order valence-electron chi connectivity index (χ0n) is 19.1. The van der Waals surface area contributed by atoms with Gasteiger partial charge in [0, 0.05) is 25.2 Å². The molecular weight excluding hydrogens is 420 g/mol. The molecule has 2 rings (SSSR count). The van der Waals surface area contributed by atoms with Crippen LogP contribution in [0.5, 0.6) is 11.5 Å². The summed E-state index contributed by atoms with van der Waals surface area (Å²) >= 11 is 0. The van der Waals surface area contributed by atoms with E-state index in [1.807, 2.05) is 13.8 Å². The molecule has 1 aliphatic heterocycles. The van der Waals surface area contributed by atoms with Crippen LogP contribution in [0.2, 0.25) is 0 Å². The van der Waals surface area contributed by atoms with Crippen molar-refractivity contribution in [2.75, 3.05) is 46.0 Å². The Labute approximate surface area is 186 Å². The molecule has 0 saturated carbocycles. The van der Waals surface area contributed by atoms with Crippen LogP contribution in [-0.2, 0) is 19.6 Å². The minimum atomic E-state index is -3.84. The summed E-state index contributed by atoms with van der Waals surface area (Å²) in [6.07, 6.45) is 2.00. The van der Waals surface area contributed by atoms with Crippen molar-refractivity contribution in [2.24, 2.45) is 0 Å². The van der Waals surface area contributed by atoms with Crippen LogP contribution in [-0.4, -0.2) is 75.6 Å². The van der Waals surface area contributed by atoms with Crippen molar-refractivity contribution < 1.29 is 27.4 Å². The van der Waals surface area contributed by atoms with Gasteiger partial charge in [-0.1, -0.05) is 6.92 Å². The third kappa shape index (κ3) is 6.82. The molecule has 1 saturated heterocycles. The molecule has 0 spiro atoms. The Balaban J connectivity index is 2.32. The second kappa shape index (κ2) is 12.3. The van der Waals surface area contributed by atoms with Gasteiger partial charge in [-0.15, -0.1) is 0 Å². The van der Waals surface area contributed by atoms with E-state index in [1.165, 1.54) is 16.4 Å². The van der Waals surface area contributed by atoms with Crippen LogP contribution in [0.25, 0.3) is 0 Å². The first kappa shape index (κ1) is 25.4. The molecule has 1 unspecified atom stereocenters. The van der Waals surface area contributed by atoms with E-state index in [9.17, 15) is 13.2 Å². The molecular formula is C22H36N2O6S. The molecule has 0 aliphatic carbocycles. The standard InChI is InChI=1S/C22H36N2O6S/c1-5-23-14-9-10-18(23)17-24(15-13-22(25)30-8-4)31(26,27)19-11-12-20(28-6-2)21(16-19)29-7-3/h11-12,16,18H,5-10,13-15,17H2,1-4H3. The number of hydrogen-bond donors (Lipinski definition) is 0. The lowest BCUT2D eigenvalue weighted by molar-refractivity contribution is -0.143. The predicted molar refractivity (Wildman–Crippen MR) is 119 cm³/mol. The Kier molecular flexibility index (Phi) is 10.1. The van der Waals surface area contributed by atoms with Crippen LogP contribution in [0, 0.1) is 0 Å². The van der Waals surface area contributed by atoms with Crippen molar-refractivity contribution in [3.8, 4) is 11.5 Å². The Morgan fingerprint density at radius 2 is 1.81 bits per heavy atom. The topological polar surface area (TPSA) is 85.4 Å². The molecule has 1 atom stereocenters. The number of esters is 1. The lowest BCUT2D eigenvalue weighted by Gasteiger charge is -2.29. The van der Waals surface area contributed by atoms with Crippen LogP contribution in [0.3, 0.4) is 0 Å². The highest BCUT2D eigenvalue weighted by Crippen LogP contribution is 2.32. The number of carbonyl (C=O) groups excluding carboxylic acids is 1. The molecule has 9 heteroatoms. The number of likely N-dealkylation sites (N-methyl/N-ethyl adjacent to an activating group) is 1. The lowest BCUT2D eigenvalue weighted by Crippen LogP contribution is -2.43. The molecule has 1 aliphatic rings. The maximum absolute atomic E-state index is 13.6. The maximum atomic E-state index is 13.6. The molecule has 0 N–H and O–H groups in total. The Hall–Kier alpha value is -1.84. The summed E-state index contributed by atoms with van der Waals surface area (Å²) in [6.45, 7) is 10.9. The molecule has 1 fully saturated rings. The van der Waals surface area contributed by atoms with Gasteiger partial charge >= 0.3 is 5.97 Å². The Morgan fingerprint density at radius 3 is 2.45 bits per heavy atom. The molecule has 0 bridgehead atoms. The third-order valence-electron chi connectivity index (χ3n) is 5.34. The van der Waals surface area contributed by atoms with Crippen LogP contribution >= 0.6 is 0 Å². The smallest absolute Gasteiger partial charge is 0.307 e. The molecule has 176 valence electrons. The van der Waals surface area contributed by atoms with Gasteiger partial charge in [0.1, 0.15) is 0 Å². The summed E-state index contributed by atoms with van der Waals surface area (Å²) in [5.74, 6) is 0.504. The number of benzene rings is 1. The monoisotopic (exact) mass is 456 g/mol.